The molecule has 0 unspecified atom stereocenters. The maximum Gasteiger partial charge on any atom is 0.493 e. The van der Waals surface area contributed by atoms with Crippen molar-refractivity contribution in [1.29, 1.82) is 0 Å². The number of carbonyl (C=O) groups excluding carboxylic acids is 1. The molecular formula is C26H31ClF3N7O3. The molecule has 0 saturated carbocycles. The minimum Gasteiger partial charge on any atom is -0.491 e. The van der Waals surface area contributed by atoms with Crippen molar-refractivity contribution in [2.75, 3.05) is 62.2 Å². The molecule has 5 rings (SSSR count). The first-order chi connectivity index (χ1) is 19.2. The van der Waals surface area contributed by atoms with Crippen LogP contribution in [0.15, 0.2) is 24.5 Å². The van der Waals surface area contributed by atoms with Crippen LogP contribution in [0.4, 0.5) is 24.7 Å². The van der Waals surface area contributed by atoms with Crippen molar-refractivity contribution in [3.63, 3.8) is 0 Å². The van der Waals surface area contributed by atoms with E-state index in [1.54, 1.807) is 6.92 Å². The number of fused-ring (bicyclic) bond motifs is 1. The van der Waals surface area contributed by atoms with Crippen molar-refractivity contribution in [3.05, 3.63) is 35.2 Å². The molecule has 0 bridgehead atoms. The standard InChI is InChI=1S/C26H31ClF3N7O3/c1-2-20-22-23(31-17-32-24(22)37(33-20)40-25(38)26(28,29)30)36-12-10-35(11-13-36)18-6-7-21(19(27)16-18)39-15-14-34-8-4-3-5-9-34/h6-7,16-17H,2-5,8-15H2,1H3. The van der Waals surface area contributed by atoms with Crippen molar-refractivity contribution in [2.45, 2.75) is 38.8 Å². The molecule has 2 aromatic heterocycles. The SMILES string of the molecule is CCc1nn(OC(=O)C(F)(F)F)c2ncnc(N3CCN(c4ccc(OCCN5CCCCC5)c(Cl)c4)CC3)c12. The highest BCUT2D eigenvalue weighted by Gasteiger charge is 2.42. The Bertz CT molecular complexity index is 1340. The fourth-order valence-electron chi connectivity index (χ4n) is 5.11. The van der Waals surface area contributed by atoms with E-state index in [0.717, 1.165) is 25.3 Å². The highest BCUT2D eigenvalue weighted by Crippen LogP contribution is 2.32. The lowest BCUT2D eigenvalue weighted by molar-refractivity contribution is -0.200. The van der Waals surface area contributed by atoms with Gasteiger partial charge in [-0.3, -0.25) is 4.90 Å². The molecule has 0 spiro atoms. The molecule has 2 saturated heterocycles. The minimum atomic E-state index is -5.16. The molecule has 0 aliphatic carbocycles. The Hall–Kier alpha value is -3.32. The van der Waals surface area contributed by atoms with Gasteiger partial charge in [0, 0.05) is 38.4 Å². The van der Waals surface area contributed by atoms with E-state index in [4.69, 9.17) is 16.3 Å². The first kappa shape index (κ1) is 28.2. The fraction of sp³-hybridized carbons (Fsp3) is 0.538. The first-order valence-electron chi connectivity index (χ1n) is 13.4. The van der Waals surface area contributed by atoms with Crippen LogP contribution in [0.1, 0.15) is 31.9 Å². The average molecular weight is 582 g/mol. The summed E-state index contributed by atoms with van der Waals surface area (Å²) in [6.07, 6.45) is 0.245. The largest absolute Gasteiger partial charge is 0.493 e. The Morgan fingerprint density at radius 1 is 1.02 bits per heavy atom. The van der Waals surface area contributed by atoms with Gasteiger partial charge in [-0.15, -0.1) is 5.10 Å². The number of piperidine rings is 1. The molecule has 2 fully saturated rings. The smallest absolute Gasteiger partial charge is 0.491 e. The van der Waals surface area contributed by atoms with Crippen molar-refractivity contribution in [2.24, 2.45) is 0 Å². The number of ether oxygens (including phenoxy) is 1. The number of aryl methyl sites for hydroxylation is 1. The number of alkyl halides is 3. The van der Waals surface area contributed by atoms with Gasteiger partial charge in [-0.1, -0.05) is 29.8 Å². The molecule has 216 valence electrons. The minimum absolute atomic E-state index is 0.00420. The Morgan fingerprint density at radius 2 is 1.75 bits per heavy atom. The summed E-state index contributed by atoms with van der Waals surface area (Å²) in [6.45, 7) is 8.04. The van der Waals surface area contributed by atoms with Crippen LogP contribution < -0.4 is 19.4 Å². The molecule has 0 N–H and O–H groups in total. The second-order valence-corrected chi connectivity index (χ2v) is 10.2. The van der Waals surface area contributed by atoms with Crippen molar-refractivity contribution in [1.82, 2.24) is 24.8 Å². The molecule has 14 heteroatoms. The van der Waals surface area contributed by atoms with Gasteiger partial charge in [0.25, 0.3) is 0 Å². The highest BCUT2D eigenvalue weighted by atomic mass is 35.5. The molecule has 4 heterocycles. The van der Waals surface area contributed by atoms with Gasteiger partial charge in [0.05, 0.1) is 16.1 Å². The molecule has 0 amide bonds. The van der Waals surface area contributed by atoms with E-state index in [2.05, 4.69) is 29.7 Å². The van der Waals surface area contributed by atoms with Crippen molar-refractivity contribution >= 4 is 40.1 Å². The molecule has 0 radical (unpaired) electrons. The van der Waals surface area contributed by atoms with Crippen molar-refractivity contribution in [3.8, 4) is 5.75 Å². The molecular weight excluding hydrogens is 551 g/mol. The fourth-order valence-corrected chi connectivity index (χ4v) is 5.34. The molecule has 0 atom stereocenters. The van der Waals surface area contributed by atoms with Gasteiger partial charge >= 0.3 is 12.1 Å². The predicted molar refractivity (Wildman–Crippen MR) is 144 cm³/mol. The number of hydrogen-bond donors (Lipinski definition) is 0. The van der Waals surface area contributed by atoms with E-state index in [1.165, 1.54) is 25.6 Å². The second-order valence-electron chi connectivity index (χ2n) is 9.79. The zero-order valence-corrected chi connectivity index (χ0v) is 22.9. The Morgan fingerprint density at radius 3 is 2.42 bits per heavy atom. The lowest BCUT2D eigenvalue weighted by Gasteiger charge is -2.37. The zero-order valence-electron chi connectivity index (χ0n) is 22.2. The number of carbonyl (C=O) groups is 1. The molecule has 40 heavy (non-hydrogen) atoms. The van der Waals surface area contributed by atoms with Crippen LogP contribution in [0.3, 0.4) is 0 Å². The topological polar surface area (TPSA) is 88.8 Å². The van der Waals surface area contributed by atoms with E-state index < -0.39 is 12.1 Å². The zero-order chi connectivity index (χ0) is 28.3. The summed E-state index contributed by atoms with van der Waals surface area (Å²) < 4.78 is 44.2. The summed E-state index contributed by atoms with van der Waals surface area (Å²) in [4.78, 5) is 31.5. The van der Waals surface area contributed by atoms with Crippen LogP contribution in [0.2, 0.25) is 5.02 Å². The van der Waals surface area contributed by atoms with Gasteiger partial charge in [0.2, 0.25) is 5.65 Å². The maximum absolute atomic E-state index is 12.8. The van der Waals surface area contributed by atoms with E-state index in [-0.39, 0.29) is 5.65 Å². The summed E-state index contributed by atoms with van der Waals surface area (Å²) in [5, 5.41) is 5.07. The number of likely N-dealkylation sites (tertiary alicyclic amines) is 1. The lowest BCUT2D eigenvalue weighted by atomic mass is 10.1. The summed E-state index contributed by atoms with van der Waals surface area (Å²) in [6, 6.07) is 5.80. The van der Waals surface area contributed by atoms with Crippen LogP contribution in [0.5, 0.6) is 5.75 Å². The van der Waals surface area contributed by atoms with E-state index in [1.807, 2.05) is 23.1 Å². The highest BCUT2D eigenvalue weighted by molar-refractivity contribution is 6.32. The number of rotatable bonds is 8. The first-order valence-corrected chi connectivity index (χ1v) is 13.8. The number of nitrogens with zero attached hydrogens (tertiary/aromatic N) is 7. The molecule has 3 aromatic rings. The maximum atomic E-state index is 12.8. The third-order valence-electron chi connectivity index (χ3n) is 7.20. The Kier molecular flexibility index (Phi) is 8.50. The van der Waals surface area contributed by atoms with Crippen LogP contribution >= 0.6 is 11.6 Å². The van der Waals surface area contributed by atoms with Crippen molar-refractivity contribution < 1.29 is 27.5 Å². The predicted octanol–water partition coefficient (Wildman–Crippen LogP) is 3.75. The second kappa shape index (κ2) is 12.0. The van der Waals surface area contributed by atoms with E-state index in [9.17, 15) is 18.0 Å². The number of aromatic nitrogens is 4. The van der Waals surface area contributed by atoms with Crippen LogP contribution in [0.25, 0.3) is 11.0 Å². The monoisotopic (exact) mass is 581 g/mol. The third kappa shape index (κ3) is 6.20. The van der Waals surface area contributed by atoms with Gasteiger partial charge in [0.1, 0.15) is 24.5 Å². The Labute approximate surface area is 234 Å². The normalized spacial score (nSPS) is 16.9. The van der Waals surface area contributed by atoms with Gasteiger partial charge in [-0.25, -0.2) is 14.8 Å². The average Bonchev–Trinajstić information content (AvgIpc) is 3.31. The lowest BCUT2D eigenvalue weighted by Crippen LogP contribution is -2.47. The number of halogens is 4. The number of hydrogen-bond acceptors (Lipinski definition) is 9. The van der Waals surface area contributed by atoms with Gasteiger partial charge in [-0.2, -0.15) is 13.2 Å². The molecule has 2 aliphatic heterocycles. The molecule has 2 aliphatic rings. The summed E-state index contributed by atoms with van der Waals surface area (Å²) in [5.74, 6) is -1.17. The molecule has 1 aromatic carbocycles. The van der Waals surface area contributed by atoms with Crippen LogP contribution in [-0.4, -0.2) is 89.4 Å². The molecule has 10 nitrogen and oxygen atoms in total. The van der Waals surface area contributed by atoms with Gasteiger partial charge < -0.3 is 19.4 Å². The summed E-state index contributed by atoms with van der Waals surface area (Å²) in [5.41, 5.74) is 1.41. The van der Waals surface area contributed by atoms with Crippen LogP contribution in [-0.2, 0) is 11.2 Å². The van der Waals surface area contributed by atoms with E-state index >= 15 is 0 Å². The van der Waals surface area contributed by atoms with Crippen LogP contribution in [0, 0.1) is 0 Å². The van der Waals surface area contributed by atoms with Gasteiger partial charge in [0.15, 0.2) is 0 Å². The summed E-state index contributed by atoms with van der Waals surface area (Å²) >= 11 is 6.55. The third-order valence-corrected chi connectivity index (χ3v) is 7.49. The number of piperazine rings is 1. The van der Waals surface area contributed by atoms with E-state index in [0.29, 0.717) is 71.7 Å². The number of anilines is 2. The number of benzene rings is 1. The quantitative estimate of drug-likeness (QED) is 0.395. The summed E-state index contributed by atoms with van der Waals surface area (Å²) in [7, 11) is 0. The Balaban J connectivity index is 1.24. The van der Waals surface area contributed by atoms with Gasteiger partial charge in [-0.05, 0) is 50.6 Å².